The number of unbranched alkanes of at least 4 members (excludes halogenated alkanes) is 9. The molecular formula is C92H126F4N20O19. The first-order valence-corrected chi connectivity index (χ1v) is 46.3. The van der Waals surface area contributed by atoms with Crippen molar-refractivity contribution < 1.29 is 109 Å². The smallest absolute Gasteiger partial charge is 0.317 e. The van der Waals surface area contributed by atoms with E-state index in [2.05, 4.69) is 41.4 Å². The Balaban J connectivity index is 0.652. The zero-order valence-electron chi connectivity index (χ0n) is 76.8. The van der Waals surface area contributed by atoms with Crippen molar-refractivity contribution in [2.24, 2.45) is 0 Å². The van der Waals surface area contributed by atoms with Crippen molar-refractivity contribution in [3.05, 3.63) is 89.0 Å². The highest BCUT2D eigenvalue weighted by molar-refractivity contribution is 6.08. The van der Waals surface area contributed by atoms with E-state index in [0.717, 1.165) is 60.3 Å². The number of amides is 10. The van der Waals surface area contributed by atoms with Crippen LogP contribution in [-0.2, 0) is 78.2 Å². The molecule has 0 spiro atoms. The summed E-state index contributed by atoms with van der Waals surface area (Å²) in [7, 11) is 3.68. The number of nitrogens with zero attached hydrogens (tertiary/aromatic N) is 15. The van der Waals surface area contributed by atoms with Crippen LogP contribution in [0, 0.1) is 17.9 Å². The summed E-state index contributed by atoms with van der Waals surface area (Å²) in [6.07, 6.45) is 12.4. The standard InChI is InChI=1S/C92H126F4N20O19/c1-98-78-44-92(95,96)59-116(78)84(125)47-105-89(131)73-25-34-100-77-23-21-71(42-75(73)77)135-40-16-15-32-103-81(122)52-107(3)68-27-36-112(49-68)86(127)54-113(53-85(126)111-35-26-67(48-111)106(2)51-80(121)102-31-14-8-9-17-66-20-22-76-74(41-66)72(24-33-99-76)88(130)104-46-83(124)115-58-91(93,94)43-70(115)45-97)69-28-37-110(50-69)82(123)19-10-6-4-5-7-13-30-101-79(120)18-11-12-29-90(114(61-133-64-118)62-134-65-119)56-108(55-87(128)129)38-39-109(57-90)60-132-63-117/h20-25,33-34,41-42,63-65,67-70,78H,4-19,26-32,35-40,43-44,46-62H2,2-3H3,(H,101,120)(H,102,121)(H,103,122)(H,104,130)(H,105,131)(H,128,129)/t67-,68-,69?,70+,78+,90?/m1/s1. The third kappa shape index (κ3) is 32.1. The fourth-order valence-corrected chi connectivity index (χ4v) is 18.4. The molecule has 8 heterocycles. The van der Waals surface area contributed by atoms with Gasteiger partial charge in [0.25, 0.3) is 43.1 Å². The highest BCUT2D eigenvalue weighted by Crippen LogP contribution is 2.36. The number of hydrogen-bond acceptors (Lipinski definition) is 27. The number of nitrogens with one attached hydrogen (secondary N) is 5. The number of aliphatic carboxylic acids is 1. The van der Waals surface area contributed by atoms with Crippen LogP contribution in [0.5, 0.6) is 5.75 Å². The molecule has 2 unspecified atom stereocenters. The molecule has 6 aliphatic rings. The topological polar surface area (TPSA) is 446 Å². The van der Waals surface area contributed by atoms with Gasteiger partial charge < -0.3 is 70.2 Å². The Hall–Kier alpha value is -11.9. The Morgan fingerprint density at radius 1 is 0.548 bits per heavy atom. The zero-order chi connectivity index (χ0) is 97.0. The summed E-state index contributed by atoms with van der Waals surface area (Å²) < 4.78 is 77.4. The molecule has 10 rings (SSSR count). The van der Waals surface area contributed by atoms with Crippen LogP contribution in [0.2, 0.25) is 0 Å². The summed E-state index contributed by atoms with van der Waals surface area (Å²) in [6, 6.07) is 13.4. The molecule has 4 aromatic rings. The number of benzene rings is 2. The SMILES string of the molecule is [C-]#[N+][C@@H]1CC(F)(F)CN1C(=O)CNC(=O)c1ccnc2ccc(OCCCCNC(=O)CN(C)[C@@H]3CCN(C(=O)CN(CC(=O)N4CC[C@@H](N(C)CC(=O)NCCCCCc5ccc6nccc(C(=O)NCC(=O)N7CC(F)(F)C[C@H]7C#N)c6c5)C4)C4CCN(C(=O)CCCCCCCCNC(=O)CCCCC5(N(COC=O)COC=O)CN(COC=O)CCN(CC(=O)O)C5)C4)C3)cc12. The lowest BCUT2D eigenvalue weighted by molar-refractivity contribution is -0.155. The quantitative estimate of drug-likeness (QED) is 0.00920. The largest absolute Gasteiger partial charge is 0.494 e. The molecule has 6 saturated heterocycles. The molecule has 6 aliphatic heterocycles. The van der Waals surface area contributed by atoms with Gasteiger partial charge in [-0.25, -0.2) is 29.0 Å². The fraction of sp³-hybridized carbons (Fsp3) is 0.630. The number of likely N-dealkylation sites (tertiary alicyclic amines) is 5. The second kappa shape index (κ2) is 52.3. The van der Waals surface area contributed by atoms with Gasteiger partial charge in [0.15, 0.2) is 0 Å². The normalized spacial score (nSPS) is 19.9. The average Bonchev–Trinajstić information content (AvgIpc) is 1.46. The summed E-state index contributed by atoms with van der Waals surface area (Å²) in [5, 5.41) is 34.0. The number of fused-ring (bicyclic) bond motifs is 2. The highest BCUT2D eigenvalue weighted by atomic mass is 19.3. The fourth-order valence-electron chi connectivity index (χ4n) is 18.4. The molecule has 135 heavy (non-hydrogen) atoms. The molecule has 39 nitrogen and oxygen atoms in total. The number of pyridine rings is 2. The molecule has 2 aromatic carbocycles. The lowest BCUT2D eigenvalue weighted by Gasteiger charge is -2.45. The van der Waals surface area contributed by atoms with Crippen LogP contribution in [0.4, 0.5) is 17.6 Å². The van der Waals surface area contributed by atoms with Crippen LogP contribution in [0.15, 0.2) is 60.9 Å². The predicted octanol–water partition coefficient (Wildman–Crippen LogP) is 3.43. The molecule has 10 amide bonds. The first kappa shape index (κ1) is 105. The highest BCUT2D eigenvalue weighted by Gasteiger charge is 2.52. The summed E-state index contributed by atoms with van der Waals surface area (Å²) in [5.41, 5.74) is 1.40. The Bertz CT molecular complexity index is 4610. The minimum atomic E-state index is -3.20. The lowest BCUT2D eigenvalue weighted by atomic mass is 9.89. The molecule has 6 atom stereocenters. The summed E-state index contributed by atoms with van der Waals surface area (Å²) in [5.74, 6) is -10.8. The van der Waals surface area contributed by atoms with Crippen molar-refractivity contribution >= 4 is 106 Å². The van der Waals surface area contributed by atoms with E-state index in [9.17, 15) is 95.1 Å². The molecule has 6 fully saturated rings. The predicted molar refractivity (Wildman–Crippen MR) is 481 cm³/mol. The zero-order valence-corrected chi connectivity index (χ0v) is 76.8. The van der Waals surface area contributed by atoms with Crippen LogP contribution < -0.4 is 31.3 Å². The Kier molecular flexibility index (Phi) is 40.7. The number of rotatable bonds is 55. The monoisotopic (exact) mass is 1890 g/mol. The first-order valence-electron chi connectivity index (χ1n) is 46.3. The summed E-state index contributed by atoms with van der Waals surface area (Å²) in [4.78, 5) is 211. The number of carboxylic acids is 1. The molecular weight excluding hydrogens is 1770 g/mol. The van der Waals surface area contributed by atoms with Crippen molar-refractivity contribution in [1.82, 2.24) is 90.5 Å². The van der Waals surface area contributed by atoms with E-state index in [1.54, 1.807) is 49.9 Å². The third-order valence-corrected chi connectivity index (χ3v) is 25.8. The lowest BCUT2D eigenvalue weighted by Crippen LogP contribution is -2.60. The van der Waals surface area contributed by atoms with Crippen molar-refractivity contribution in [2.75, 3.05) is 185 Å². The molecule has 0 bridgehead atoms. The van der Waals surface area contributed by atoms with Gasteiger partial charge in [-0.15, -0.1) is 0 Å². The van der Waals surface area contributed by atoms with Gasteiger partial charge >= 0.3 is 12.1 Å². The number of ether oxygens (including phenoxy) is 4. The Morgan fingerprint density at radius 2 is 1.05 bits per heavy atom. The second-order valence-electron chi connectivity index (χ2n) is 35.7. The van der Waals surface area contributed by atoms with E-state index in [0.29, 0.717) is 183 Å². The number of carbonyl (C=O) groups is 14. The van der Waals surface area contributed by atoms with E-state index in [4.69, 9.17) is 25.5 Å². The van der Waals surface area contributed by atoms with Crippen molar-refractivity contribution in [2.45, 2.75) is 189 Å². The maximum Gasteiger partial charge on any atom is 0.317 e. The van der Waals surface area contributed by atoms with E-state index in [1.165, 1.54) is 24.5 Å². The minimum absolute atomic E-state index is 0.0178. The third-order valence-electron chi connectivity index (χ3n) is 25.8. The maximum absolute atomic E-state index is 14.6. The number of carbonyl (C=O) groups excluding carboxylic acids is 13. The molecule has 43 heteroatoms. The van der Waals surface area contributed by atoms with E-state index in [-0.39, 0.29) is 157 Å². The van der Waals surface area contributed by atoms with E-state index in [1.807, 2.05) is 50.7 Å². The first-order chi connectivity index (χ1) is 64.9. The average molecular weight is 1890 g/mol. The van der Waals surface area contributed by atoms with Gasteiger partial charge in [0, 0.05) is 146 Å². The van der Waals surface area contributed by atoms with E-state index < -0.39 is 98.2 Å². The van der Waals surface area contributed by atoms with Gasteiger partial charge in [0.05, 0.1) is 99.3 Å². The molecule has 0 radical (unpaired) electrons. The molecule has 0 aliphatic carbocycles. The minimum Gasteiger partial charge on any atom is -0.494 e. The van der Waals surface area contributed by atoms with Crippen LogP contribution in [-0.4, -0.2) is 386 Å². The van der Waals surface area contributed by atoms with Crippen LogP contribution in [0.3, 0.4) is 0 Å². The van der Waals surface area contributed by atoms with Crippen molar-refractivity contribution in [1.29, 1.82) is 5.26 Å². The van der Waals surface area contributed by atoms with Crippen LogP contribution in [0.1, 0.15) is 161 Å². The van der Waals surface area contributed by atoms with E-state index >= 15 is 0 Å². The number of hydrogen-bond donors (Lipinski definition) is 6. The second-order valence-corrected chi connectivity index (χ2v) is 35.7. The van der Waals surface area contributed by atoms with Gasteiger partial charge in [-0.2, -0.15) is 5.26 Å². The number of aryl methyl sites for hydroxylation is 1. The summed E-state index contributed by atoms with van der Waals surface area (Å²) in [6.45, 7) is 9.02. The van der Waals surface area contributed by atoms with Crippen molar-refractivity contribution in [3.8, 4) is 11.8 Å². The van der Waals surface area contributed by atoms with Crippen LogP contribution >= 0.6 is 0 Å². The maximum atomic E-state index is 14.6. The van der Waals surface area contributed by atoms with Gasteiger partial charge in [0.2, 0.25) is 47.3 Å². The number of likely N-dealkylation sites (N-methyl/N-ethyl adjacent to an activating group) is 2. The number of alkyl halides is 4. The molecule has 2 aromatic heterocycles. The molecule has 736 valence electrons. The van der Waals surface area contributed by atoms with Crippen LogP contribution in [0.25, 0.3) is 26.7 Å². The van der Waals surface area contributed by atoms with Gasteiger partial charge in [-0.3, -0.25) is 111 Å². The number of carboxylic acid groups (broad SMARTS) is 1. The Morgan fingerprint density at radius 3 is 1.64 bits per heavy atom. The van der Waals surface area contributed by atoms with Gasteiger partial charge in [0.1, 0.15) is 38.4 Å². The van der Waals surface area contributed by atoms with Gasteiger partial charge in [-0.1, -0.05) is 44.6 Å². The van der Waals surface area contributed by atoms with Crippen molar-refractivity contribution in [3.63, 3.8) is 0 Å². The number of aromatic nitrogens is 2. The molecule has 0 saturated carbocycles. The van der Waals surface area contributed by atoms with Gasteiger partial charge in [-0.05, 0) is 139 Å². The number of halogens is 4. The summed E-state index contributed by atoms with van der Waals surface area (Å²) >= 11 is 0. The molecule has 6 N–H and O–H groups in total. The Labute approximate surface area is 782 Å². The number of nitriles is 1.